The molecule has 1 atom stereocenters. The maximum Gasteiger partial charge on any atom is 0.268 e. The smallest absolute Gasteiger partial charge is 0.268 e. The fourth-order valence-electron chi connectivity index (χ4n) is 3.34. The van der Waals surface area contributed by atoms with E-state index in [1.807, 2.05) is 11.3 Å². The third-order valence-corrected chi connectivity index (χ3v) is 5.93. The molecule has 2 aliphatic rings. The van der Waals surface area contributed by atoms with Crippen LogP contribution in [-0.4, -0.2) is 41.7 Å². The van der Waals surface area contributed by atoms with Gasteiger partial charge >= 0.3 is 0 Å². The molecule has 1 N–H and O–H groups in total. The van der Waals surface area contributed by atoms with Gasteiger partial charge in [0.25, 0.3) is 5.89 Å². The van der Waals surface area contributed by atoms with E-state index in [0.717, 1.165) is 30.3 Å². The maximum absolute atomic E-state index is 5.56. The lowest BCUT2D eigenvalue weighted by atomic mass is 10.1. The van der Waals surface area contributed by atoms with E-state index in [9.17, 15) is 0 Å². The Morgan fingerprint density at radius 2 is 2.23 bits per heavy atom. The third kappa shape index (κ3) is 2.71. The summed E-state index contributed by atoms with van der Waals surface area (Å²) in [6.45, 7) is 2.92. The molecule has 5 nitrogen and oxygen atoms in total. The summed E-state index contributed by atoms with van der Waals surface area (Å²) in [4.78, 5) is 9.61. The lowest BCUT2D eigenvalue weighted by Crippen LogP contribution is -2.44. The van der Waals surface area contributed by atoms with Gasteiger partial charge in [-0.3, -0.25) is 4.90 Å². The van der Waals surface area contributed by atoms with Gasteiger partial charge in [0.2, 0.25) is 0 Å². The predicted octanol–water partition coefficient (Wildman–Crippen LogP) is 2.64. The van der Waals surface area contributed by atoms with E-state index in [4.69, 9.17) is 4.52 Å². The first kappa shape index (κ1) is 14.4. The lowest BCUT2D eigenvalue weighted by molar-refractivity contribution is 0.190. The summed E-state index contributed by atoms with van der Waals surface area (Å²) >= 11 is 1.84. The number of aromatic nitrogens is 2. The lowest BCUT2D eigenvalue weighted by Gasteiger charge is -2.30. The van der Waals surface area contributed by atoms with E-state index in [1.54, 1.807) is 0 Å². The van der Waals surface area contributed by atoms with Gasteiger partial charge in [-0.05, 0) is 44.4 Å². The number of fused-ring (bicyclic) bond motifs is 1. The molecule has 0 radical (unpaired) electrons. The summed E-state index contributed by atoms with van der Waals surface area (Å²) in [5.74, 6) is 1.49. The van der Waals surface area contributed by atoms with Gasteiger partial charge in [0, 0.05) is 24.5 Å². The molecule has 1 aliphatic carbocycles. The molecule has 0 spiro atoms. The highest BCUT2D eigenvalue weighted by atomic mass is 32.1. The van der Waals surface area contributed by atoms with Crippen molar-refractivity contribution in [2.24, 2.45) is 0 Å². The first-order valence-corrected chi connectivity index (χ1v) is 8.99. The zero-order chi connectivity index (χ0) is 14.9. The van der Waals surface area contributed by atoms with Gasteiger partial charge in [0.1, 0.15) is 0 Å². The summed E-state index contributed by atoms with van der Waals surface area (Å²) in [7, 11) is 2.12. The number of thiophene rings is 1. The molecule has 0 amide bonds. The molecule has 0 aromatic carbocycles. The van der Waals surface area contributed by atoms with Crippen LogP contribution in [0.4, 0.5) is 0 Å². The van der Waals surface area contributed by atoms with E-state index in [0.29, 0.717) is 5.89 Å². The molecule has 2 aromatic heterocycles. The van der Waals surface area contributed by atoms with Crippen molar-refractivity contribution in [3.8, 4) is 10.8 Å². The minimum absolute atomic E-state index is 0.212. The first-order chi connectivity index (χ1) is 10.8. The van der Waals surface area contributed by atoms with Crippen molar-refractivity contribution in [2.75, 3.05) is 26.7 Å². The van der Waals surface area contributed by atoms with E-state index < -0.39 is 0 Å². The number of nitrogens with zero attached hydrogens (tertiary/aromatic N) is 3. The van der Waals surface area contributed by atoms with Gasteiger partial charge in [-0.1, -0.05) is 11.6 Å². The Labute approximate surface area is 134 Å². The topological polar surface area (TPSA) is 54.2 Å². The van der Waals surface area contributed by atoms with Gasteiger partial charge in [0.15, 0.2) is 5.82 Å². The van der Waals surface area contributed by atoms with Crippen LogP contribution in [-0.2, 0) is 12.8 Å². The van der Waals surface area contributed by atoms with Crippen molar-refractivity contribution in [3.05, 3.63) is 22.3 Å². The monoisotopic (exact) mass is 318 g/mol. The second-order valence-electron chi connectivity index (χ2n) is 6.28. The molecule has 2 aromatic rings. The van der Waals surface area contributed by atoms with Crippen LogP contribution < -0.4 is 5.32 Å². The largest absolute Gasteiger partial charge is 0.333 e. The quantitative estimate of drug-likeness (QED) is 0.863. The molecule has 0 bridgehead atoms. The molecular formula is C16H22N4OS. The molecule has 22 heavy (non-hydrogen) atoms. The molecular weight excluding hydrogens is 296 g/mol. The summed E-state index contributed by atoms with van der Waals surface area (Å²) in [5.41, 5.74) is 1.49. The average Bonchev–Trinajstić information content (AvgIpc) is 3.10. The van der Waals surface area contributed by atoms with Crippen LogP contribution in [0.2, 0.25) is 0 Å². The molecule has 118 valence electrons. The van der Waals surface area contributed by atoms with Crippen molar-refractivity contribution in [1.29, 1.82) is 0 Å². The van der Waals surface area contributed by atoms with Crippen molar-refractivity contribution in [1.82, 2.24) is 20.4 Å². The maximum atomic E-state index is 5.56. The highest BCUT2D eigenvalue weighted by Gasteiger charge is 2.26. The molecule has 6 heteroatoms. The van der Waals surface area contributed by atoms with Gasteiger partial charge in [-0.15, -0.1) is 11.3 Å². The normalized spacial score (nSPS) is 23.2. The molecule has 0 saturated carbocycles. The average molecular weight is 318 g/mol. The third-order valence-electron chi connectivity index (χ3n) is 4.71. The number of piperazine rings is 1. The molecule has 1 unspecified atom stereocenters. The van der Waals surface area contributed by atoms with Gasteiger partial charge in [-0.2, -0.15) is 4.98 Å². The number of rotatable bonds is 2. The van der Waals surface area contributed by atoms with Crippen molar-refractivity contribution < 1.29 is 4.52 Å². The molecule has 4 rings (SSSR count). The van der Waals surface area contributed by atoms with Crippen LogP contribution >= 0.6 is 11.3 Å². The van der Waals surface area contributed by atoms with Crippen LogP contribution in [0.3, 0.4) is 0 Å². The van der Waals surface area contributed by atoms with Crippen molar-refractivity contribution in [2.45, 2.75) is 38.1 Å². The minimum atomic E-state index is 0.212. The molecule has 1 aliphatic heterocycles. The van der Waals surface area contributed by atoms with Crippen LogP contribution in [0.5, 0.6) is 0 Å². The SMILES string of the molecule is CN1CCNCC1c1noc(-c2cc3c(s2)CCCCC3)n1. The zero-order valence-electron chi connectivity index (χ0n) is 13.0. The molecule has 3 heterocycles. The second kappa shape index (κ2) is 6.10. The number of hydrogen-bond donors (Lipinski definition) is 1. The minimum Gasteiger partial charge on any atom is -0.333 e. The number of hydrogen-bond acceptors (Lipinski definition) is 6. The fraction of sp³-hybridized carbons (Fsp3) is 0.625. The van der Waals surface area contributed by atoms with E-state index in [-0.39, 0.29) is 6.04 Å². The summed E-state index contributed by atoms with van der Waals surface area (Å²) < 4.78 is 5.56. The Kier molecular flexibility index (Phi) is 3.98. The van der Waals surface area contributed by atoms with Gasteiger partial charge in [0.05, 0.1) is 10.9 Å². The Bertz CT molecular complexity index is 627. The highest BCUT2D eigenvalue weighted by molar-refractivity contribution is 7.15. The van der Waals surface area contributed by atoms with Crippen molar-refractivity contribution in [3.63, 3.8) is 0 Å². The van der Waals surface area contributed by atoms with E-state index in [2.05, 4.69) is 33.5 Å². The standard InChI is InChI=1S/C16H22N4OS/c1-20-8-7-17-10-12(20)15-18-16(21-19-15)14-9-11-5-3-2-4-6-13(11)22-14/h9,12,17H,2-8,10H2,1H3. The molecule has 1 fully saturated rings. The summed E-state index contributed by atoms with van der Waals surface area (Å²) in [6, 6.07) is 2.48. The fourth-order valence-corrected chi connectivity index (χ4v) is 4.51. The second-order valence-corrected chi connectivity index (χ2v) is 7.41. The first-order valence-electron chi connectivity index (χ1n) is 8.18. The number of nitrogens with one attached hydrogen (secondary N) is 1. The van der Waals surface area contributed by atoms with Crippen LogP contribution in [0.25, 0.3) is 10.8 Å². The van der Waals surface area contributed by atoms with Crippen LogP contribution in [0, 0.1) is 0 Å². The van der Waals surface area contributed by atoms with E-state index in [1.165, 1.54) is 42.5 Å². The zero-order valence-corrected chi connectivity index (χ0v) is 13.8. The molecule has 1 saturated heterocycles. The van der Waals surface area contributed by atoms with Crippen LogP contribution in [0.15, 0.2) is 10.6 Å². The number of likely N-dealkylation sites (N-methyl/N-ethyl adjacent to an activating group) is 1. The van der Waals surface area contributed by atoms with Crippen LogP contribution in [0.1, 0.15) is 41.6 Å². The summed E-state index contributed by atoms with van der Waals surface area (Å²) in [6.07, 6.45) is 6.36. The van der Waals surface area contributed by atoms with Gasteiger partial charge < -0.3 is 9.84 Å². The summed E-state index contributed by atoms with van der Waals surface area (Å²) in [5, 5.41) is 7.63. The van der Waals surface area contributed by atoms with Gasteiger partial charge in [-0.25, -0.2) is 0 Å². The van der Waals surface area contributed by atoms with Crippen molar-refractivity contribution >= 4 is 11.3 Å². The Morgan fingerprint density at radius 3 is 3.14 bits per heavy atom. The Hall–Kier alpha value is -1.24. The Morgan fingerprint density at radius 1 is 1.32 bits per heavy atom. The van der Waals surface area contributed by atoms with E-state index >= 15 is 0 Å². The number of aryl methyl sites for hydroxylation is 2. The highest BCUT2D eigenvalue weighted by Crippen LogP contribution is 2.35. The Balaban J connectivity index is 1.58. The predicted molar refractivity (Wildman–Crippen MR) is 87.1 cm³/mol.